The molecule has 0 saturated carbocycles. The molecule has 102 valence electrons. The number of amides is 1. The second-order valence-corrected chi connectivity index (χ2v) is 3.87. The van der Waals surface area contributed by atoms with E-state index in [0.29, 0.717) is 11.4 Å². The first-order chi connectivity index (χ1) is 9.70. The van der Waals surface area contributed by atoms with E-state index in [1.54, 1.807) is 12.4 Å². The molecule has 0 spiro atoms. The van der Waals surface area contributed by atoms with E-state index in [-0.39, 0.29) is 18.7 Å². The fourth-order valence-electron chi connectivity index (χ4n) is 1.57. The minimum absolute atomic E-state index is 0.0638. The zero-order chi connectivity index (χ0) is 14.4. The predicted octanol–water partition coefficient (Wildman–Crippen LogP) is 0.823. The van der Waals surface area contributed by atoms with Crippen molar-refractivity contribution in [3.63, 3.8) is 0 Å². The van der Waals surface area contributed by atoms with Crippen molar-refractivity contribution in [3.05, 3.63) is 53.4 Å². The largest absolute Gasteiger partial charge is 0.384 e. The molecule has 20 heavy (non-hydrogen) atoms. The third kappa shape index (κ3) is 3.43. The van der Waals surface area contributed by atoms with Crippen LogP contribution in [0, 0.1) is 17.7 Å². The number of carbonyl (C=O) groups is 1. The van der Waals surface area contributed by atoms with Crippen molar-refractivity contribution in [1.29, 1.82) is 0 Å². The summed E-state index contributed by atoms with van der Waals surface area (Å²) in [4.78, 5) is 18.6. The Hall–Kier alpha value is -2.65. The van der Waals surface area contributed by atoms with Gasteiger partial charge in [0.2, 0.25) is 0 Å². The molecule has 0 saturated heterocycles. The molecule has 0 bridgehead atoms. The third-order valence-corrected chi connectivity index (χ3v) is 2.50. The minimum atomic E-state index is -0.660. The molecule has 0 fully saturated rings. The summed E-state index contributed by atoms with van der Waals surface area (Å²) in [5.74, 6) is 4.38. The van der Waals surface area contributed by atoms with Crippen LogP contribution in [-0.2, 0) is 6.54 Å². The summed E-state index contributed by atoms with van der Waals surface area (Å²) >= 11 is 0. The highest BCUT2D eigenvalue weighted by Crippen LogP contribution is 2.10. The van der Waals surface area contributed by atoms with Crippen LogP contribution in [0.5, 0.6) is 0 Å². The van der Waals surface area contributed by atoms with Crippen LogP contribution in [0.4, 0.5) is 4.39 Å². The molecular weight excluding hydrogens is 261 g/mol. The van der Waals surface area contributed by atoms with E-state index in [0.717, 1.165) is 6.07 Å². The number of rotatable bonds is 3. The summed E-state index contributed by atoms with van der Waals surface area (Å²) in [5.41, 5.74) is 0.338. The standard InChI is InChI=1S/C14H12FN3O2/c15-12-8-10(2-1-7-19)3-4-11(12)14(20)18-9-13-16-5-6-17-13/h3-6,8,19H,7,9H2,(H,16,17)(H,18,20). The van der Waals surface area contributed by atoms with Gasteiger partial charge in [-0.15, -0.1) is 0 Å². The van der Waals surface area contributed by atoms with Crippen LogP contribution in [0.25, 0.3) is 0 Å². The molecule has 0 unspecified atom stereocenters. The Labute approximate surface area is 114 Å². The van der Waals surface area contributed by atoms with E-state index in [4.69, 9.17) is 5.11 Å². The molecule has 1 aromatic heterocycles. The monoisotopic (exact) mass is 273 g/mol. The molecule has 0 aliphatic heterocycles. The number of nitrogens with one attached hydrogen (secondary N) is 2. The highest BCUT2D eigenvalue weighted by Gasteiger charge is 2.11. The number of aromatic amines is 1. The Balaban J connectivity index is 2.06. The molecule has 0 aliphatic carbocycles. The van der Waals surface area contributed by atoms with Crippen LogP contribution in [0.3, 0.4) is 0 Å². The van der Waals surface area contributed by atoms with Crippen LogP contribution in [0.2, 0.25) is 0 Å². The number of halogens is 1. The van der Waals surface area contributed by atoms with Crippen LogP contribution in [0.1, 0.15) is 21.7 Å². The van der Waals surface area contributed by atoms with E-state index in [9.17, 15) is 9.18 Å². The van der Waals surface area contributed by atoms with Gasteiger partial charge in [0.25, 0.3) is 5.91 Å². The fraction of sp³-hybridized carbons (Fsp3) is 0.143. The number of H-pyrrole nitrogens is 1. The summed E-state index contributed by atoms with van der Waals surface area (Å²) in [5, 5.41) is 11.1. The number of hydrogen-bond donors (Lipinski definition) is 3. The van der Waals surface area contributed by atoms with Crippen LogP contribution in [-0.4, -0.2) is 27.6 Å². The van der Waals surface area contributed by atoms with Crippen molar-refractivity contribution in [2.24, 2.45) is 0 Å². The van der Waals surface area contributed by atoms with Crippen LogP contribution >= 0.6 is 0 Å². The van der Waals surface area contributed by atoms with Gasteiger partial charge in [0.1, 0.15) is 18.2 Å². The lowest BCUT2D eigenvalue weighted by atomic mass is 10.1. The molecule has 1 aromatic carbocycles. The van der Waals surface area contributed by atoms with Gasteiger partial charge >= 0.3 is 0 Å². The fourth-order valence-corrected chi connectivity index (χ4v) is 1.57. The van der Waals surface area contributed by atoms with Crippen LogP contribution in [0.15, 0.2) is 30.6 Å². The Morgan fingerprint density at radius 3 is 3.00 bits per heavy atom. The minimum Gasteiger partial charge on any atom is -0.384 e. The maximum absolute atomic E-state index is 13.8. The Kier molecular flexibility index (Phi) is 4.47. The Bertz CT molecular complexity index is 657. The predicted molar refractivity (Wildman–Crippen MR) is 70.1 cm³/mol. The maximum atomic E-state index is 13.8. The first-order valence-electron chi connectivity index (χ1n) is 5.86. The zero-order valence-corrected chi connectivity index (χ0v) is 10.5. The maximum Gasteiger partial charge on any atom is 0.254 e. The molecule has 2 aromatic rings. The number of imidazole rings is 1. The average Bonchev–Trinajstić information content (AvgIpc) is 2.96. The first kappa shape index (κ1) is 13.8. The van der Waals surface area contributed by atoms with Gasteiger partial charge in [0.15, 0.2) is 0 Å². The van der Waals surface area contributed by atoms with Gasteiger partial charge in [0.05, 0.1) is 12.1 Å². The summed E-state index contributed by atoms with van der Waals surface area (Å²) in [6, 6.07) is 4.03. The van der Waals surface area contributed by atoms with Crippen LogP contribution < -0.4 is 5.32 Å². The van der Waals surface area contributed by atoms with Gasteiger partial charge in [-0.2, -0.15) is 0 Å². The molecule has 0 radical (unpaired) electrons. The smallest absolute Gasteiger partial charge is 0.254 e. The lowest BCUT2D eigenvalue weighted by Crippen LogP contribution is -2.24. The lowest BCUT2D eigenvalue weighted by molar-refractivity contribution is 0.0946. The highest BCUT2D eigenvalue weighted by molar-refractivity contribution is 5.94. The molecular formula is C14H12FN3O2. The van der Waals surface area contributed by atoms with Crippen molar-refractivity contribution in [1.82, 2.24) is 15.3 Å². The molecule has 2 rings (SSSR count). The number of aliphatic hydroxyl groups excluding tert-OH is 1. The van der Waals surface area contributed by atoms with E-state index in [2.05, 4.69) is 27.1 Å². The van der Waals surface area contributed by atoms with E-state index < -0.39 is 11.7 Å². The third-order valence-electron chi connectivity index (χ3n) is 2.50. The van der Waals surface area contributed by atoms with Crippen molar-refractivity contribution in [2.45, 2.75) is 6.54 Å². The summed E-state index contributed by atoms with van der Waals surface area (Å²) < 4.78 is 13.8. The normalized spacial score (nSPS) is 9.70. The second-order valence-electron chi connectivity index (χ2n) is 3.87. The molecule has 3 N–H and O–H groups in total. The van der Waals surface area contributed by atoms with Gasteiger partial charge in [0, 0.05) is 18.0 Å². The molecule has 0 aliphatic rings. The van der Waals surface area contributed by atoms with Gasteiger partial charge in [-0.25, -0.2) is 9.37 Å². The summed E-state index contributed by atoms with van der Waals surface area (Å²) in [7, 11) is 0. The quantitative estimate of drug-likeness (QED) is 0.725. The molecule has 0 atom stereocenters. The molecule has 1 amide bonds. The van der Waals surface area contributed by atoms with Gasteiger partial charge in [-0.3, -0.25) is 4.79 Å². The lowest BCUT2D eigenvalue weighted by Gasteiger charge is -2.05. The van der Waals surface area contributed by atoms with Crippen molar-refractivity contribution in [2.75, 3.05) is 6.61 Å². The second kappa shape index (κ2) is 6.50. The number of nitrogens with zero attached hydrogens (tertiary/aromatic N) is 1. The van der Waals surface area contributed by atoms with Gasteiger partial charge in [-0.05, 0) is 18.2 Å². The zero-order valence-electron chi connectivity index (χ0n) is 10.5. The summed E-state index contributed by atoms with van der Waals surface area (Å²) in [6.07, 6.45) is 3.20. The molecule has 1 heterocycles. The number of aliphatic hydroxyl groups is 1. The Morgan fingerprint density at radius 1 is 1.50 bits per heavy atom. The topological polar surface area (TPSA) is 78.0 Å². The average molecular weight is 273 g/mol. The molecule has 5 nitrogen and oxygen atoms in total. The van der Waals surface area contributed by atoms with Gasteiger partial charge < -0.3 is 15.4 Å². The number of hydrogen-bond acceptors (Lipinski definition) is 3. The van der Waals surface area contributed by atoms with Gasteiger partial charge in [-0.1, -0.05) is 11.8 Å². The van der Waals surface area contributed by atoms with E-state index in [1.807, 2.05) is 0 Å². The SMILES string of the molecule is O=C(NCc1ncc[nH]1)c1ccc(C#CCO)cc1F. The number of aromatic nitrogens is 2. The Morgan fingerprint density at radius 2 is 2.35 bits per heavy atom. The number of carbonyl (C=O) groups excluding carboxylic acids is 1. The number of benzene rings is 1. The van der Waals surface area contributed by atoms with Crippen molar-refractivity contribution < 1.29 is 14.3 Å². The first-order valence-corrected chi connectivity index (χ1v) is 5.86. The molecule has 6 heteroatoms. The van der Waals surface area contributed by atoms with E-state index >= 15 is 0 Å². The summed E-state index contributed by atoms with van der Waals surface area (Å²) in [6.45, 7) is -0.107. The van der Waals surface area contributed by atoms with Crippen molar-refractivity contribution >= 4 is 5.91 Å². The highest BCUT2D eigenvalue weighted by atomic mass is 19.1. The van der Waals surface area contributed by atoms with Crippen molar-refractivity contribution in [3.8, 4) is 11.8 Å². The van der Waals surface area contributed by atoms with E-state index in [1.165, 1.54) is 12.1 Å².